The van der Waals surface area contributed by atoms with Gasteiger partial charge in [-0.05, 0) is 48.2 Å². The molecule has 2 atom stereocenters. The number of ether oxygens (including phenoxy) is 5. The molecule has 0 unspecified atom stereocenters. The van der Waals surface area contributed by atoms with Crippen LogP contribution >= 0.6 is 0 Å². The predicted octanol–water partition coefficient (Wildman–Crippen LogP) is 3.73. The molecule has 1 aliphatic rings. The molecule has 0 spiro atoms. The number of phenolic OH excluding ortho intramolecular Hbond substituents is 2. The molecule has 1 aliphatic heterocycles. The zero-order chi connectivity index (χ0) is 19.6. The lowest BCUT2D eigenvalue weighted by Crippen LogP contribution is -2.02. The van der Waals surface area contributed by atoms with Crippen LogP contribution in [0.2, 0.25) is 0 Å². The molecule has 0 bridgehead atoms. The summed E-state index contributed by atoms with van der Waals surface area (Å²) in [4.78, 5) is 0. The number of benzene rings is 2. The fourth-order valence-corrected chi connectivity index (χ4v) is 3.43. The van der Waals surface area contributed by atoms with Crippen molar-refractivity contribution in [3.8, 4) is 34.5 Å². The third-order valence-electron chi connectivity index (χ3n) is 4.73. The molecule has 1 fully saturated rings. The van der Waals surface area contributed by atoms with Crippen LogP contribution < -0.4 is 18.9 Å². The largest absolute Gasteiger partial charge is 0.504 e. The third-order valence-corrected chi connectivity index (χ3v) is 4.73. The molecule has 0 aliphatic carbocycles. The van der Waals surface area contributed by atoms with E-state index >= 15 is 0 Å². The van der Waals surface area contributed by atoms with Crippen LogP contribution in [0.15, 0.2) is 24.3 Å². The van der Waals surface area contributed by atoms with Gasteiger partial charge in [-0.25, -0.2) is 0 Å². The Morgan fingerprint density at radius 2 is 1.15 bits per heavy atom. The van der Waals surface area contributed by atoms with E-state index in [9.17, 15) is 10.2 Å². The Balaban J connectivity index is 1.86. The first-order valence-electron chi connectivity index (χ1n) is 8.57. The smallest absolute Gasteiger partial charge is 0.203 e. The molecule has 1 heterocycles. The summed E-state index contributed by atoms with van der Waals surface area (Å²) in [5.74, 6) is 1.48. The average Bonchev–Trinajstić information content (AvgIpc) is 3.16. The molecule has 27 heavy (non-hydrogen) atoms. The highest BCUT2D eigenvalue weighted by Gasteiger charge is 2.30. The summed E-state index contributed by atoms with van der Waals surface area (Å²) in [7, 11) is 6.09. The maximum Gasteiger partial charge on any atom is 0.203 e. The van der Waals surface area contributed by atoms with Gasteiger partial charge in [-0.3, -0.25) is 0 Å². The van der Waals surface area contributed by atoms with Gasteiger partial charge in [0.15, 0.2) is 23.0 Å². The van der Waals surface area contributed by atoms with Crippen molar-refractivity contribution < 1.29 is 33.9 Å². The molecular weight excluding hydrogens is 352 g/mol. The van der Waals surface area contributed by atoms with Gasteiger partial charge in [-0.1, -0.05) is 0 Å². The first-order valence-corrected chi connectivity index (χ1v) is 8.57. The summed E-state index contributed by atoms with van der Waals surface area (Å²) in [6, 6.07) is 6.86. The highest BCUT2D eigenvalue weighted by molar-refractivity contribution is 5.55. The molecule has 1 saturated heterocycles. The molecular formula is C20H24O7. The van der Waals surface area contributed by atoms with E-state index in [4.69, 9.17) is 23.7 Å². The van der Waals surface area contributed by atoms with E-state index in [1.54, 1.807) is 33.5 Å². The van der Waals surface area contributed by atoms with Crippen molar-refractivity contribution in [1.29, 1.82) is 0 Å². The van der Waals surface area contributed by atoms with Crippen molar-refractivity contribution in [2.24, 2.45) is 0 Å². The average molecular weight is 376 g/mol. The molecule has 7 heteroatoms. The van der Waals surface area contributed by atoms with Gasteiger partial charge >= 0.3 is 0 Å². The summed E-state index contributed by atoms with van der Waals surface area (Å²) >= 11 is 0. The topological polar surface area (TPSA) is 86.6 Å². The summed E-state index contributed by atoms with van der Waals surface area (Å²) < 4.78 is 27.3. The second-order valence-corrected chi connectivity index (χ2v) is 6.24. The summed E-state index contributed by atoms with van der Waals surface area (Å²) in [5, 5.41) is 20.0. The highest BCUT2D eigenvalue weighted by atomic mass is 16.5. The highest BCUT2D eigenvalue weighted by Crippen LogP contribution is 2.48. The molecule has 2 aromatic carbocycles. The van der Waals surface area contributed by atoms with E-state index in [1.165, 1.54) is 7.11 Å². The van der Waals surface area contributed by atoms with Gasteiger partial charge < -0.3 is 33.9 Å². The maximum absolute atomic E-state index is 10.0. The lowest BCUT2D eigenvalue weighted by molar-refractivity contribution is 0.0435. The molecule has 0 radical (unpaired) electrons. The number of hydrogen-bond acceptors (Lipinski definition) is 7. The van der Waals surface area contributed by atoms with Gasteiger partial charge in [-0.15, -0.1) is 0 Å². The zero-order valence-corrected chi connectivity index (χ0v) is 15.8. The van der Waals surface area contributed by atoms with Gasteiger partial charge in [0.2, 0.25) is 11.5 Å². The van der Waals surface area contributed by atoms with Gasteiger partial charge in [0.1, 0.15) is 0 Å². The van der Waals surface area contributed by atoms with Gasteiger partial charge in [-0.2, -0.15) is 0 Å². The van der Waals surface area contributed by atoms with Crippen LogP contribution in [-0.2, 0) is 4.74 Å². The molecule has 7 nitrogen and oxygen atoms in total. The Morgan fingerprint density at radius 3 is 1.56 bits per heavy atom. The van der Waals surface area contributed by atoms with Crippen LogP contribution in [0.3, 0.4) is 0 Å². The van der Waals surface area contributed by atoms with E-state index in [1.807, 2.05) is 12.1 Å². The van der Waals surface area contributed by atoms with Crippen molar-refractivity contribution in [3.05, 3.63) is 35.4 Å². The predicted molar refractivity (Wildman–Crippen MR) is 98.2 cm³/mol. The number of phenols is 2. The van der Waals surface area contributed by atoms with Crippen LogP contribution in [0, 0.1) is 0 Å². The molecule has 0 aromatic heterocycles. The molecule has 0 amide bonds. The third kappa shape index (κ3) is 3.55. The quantitative estimate of drug-likeness (QED) is 0.794. The number of hydrogen-bond donors (Lipinski definition) is 2. The maximum atomic E-state index is 10.0. The Labute approximate surface area is 158 Å². The van der Waals surface area contributed by atoms with Crippen molar-refractivity contribution >= 4 is 0 Å². The van der Waals surface area contributed by atoms with Crippen molar-refractivity contribution in [2.45, 2.75) is 25.0 Å². The van der Waals surface area contributed by atoms with E-state index in [0.717, 1.165) is 18.4 Å². The Bertz CT molecular complexity index is 770. The Morgan fingerprint density at radius 1 is 0.704 bits per heavy atom. The van der Waals surface area contributed by atoms with Crippen LogP contribution in [0.1, 0.15) is 36.2 Å². The molecule has 3 rings (SSSR count). The van der Waals surface area contributed by atoms with Crippen LogP contribution in [0.4, 0.5) is 0 Å². The first kappa shape index (κ1) is 19.0. The fraction of sp³-hybridized carbons (Fsp3) is 0.400. The minimum Gasteiger partial charge on any atom is -0.504 e. The second kappa shape index (κ2) is 7.84. The van der Waals surface area contributed by atoms with Gasteiger partial charge in [0, 0.05) is 0 Å². The number of aromatic hydroxyl groups is 2. The van der Waals surface area contributed by atoms with Crippen molar-refractivity contribution in [1.82, 2.24) is 0 Å². The van der Waals surface area contributed by atoms with Gasteiger partial charge in [0.25, 0.3) is 0 Å². The molecule has 2 aromatic rings. The van der Waals surface area contributed by atoms with E-state index in [-0.39, 0.29) is 29.5 Å². The van der Waals surface area contributed by atoms with Crippen molar-refractivity contribution in [2.75, 3.05) is 28.4 Å². The fourth-order valence-electron chi connectivity index (χ4n) is 3.43. The molecule has 2 N–H and O–H groups in total. The Hall–Kier alpha value is -2.80. The second-order valence-electron chi connectivity index (χ2n) is 6.24. The summed E-state index contributed by atoms with van der Waals surface area (Å²) in [5.41, 5.74) is 1.61. The SMILES string of the molecule is COc1cc([C@H]2CC[C@H](c3cc(O)c(OC)c(O)c3)O2)cc(OC)c1OC. The standard InChI is InChI=1S/C20H24O7/c1-23-17-9-12(10-18(24-2)20(17)26-4)16-6-5-15(27-16)11-7-13(21)19(25-3)14(22)8-11/h7-10,15-16,21-22H,5-6H2,1-4H3/t15-,16-/m1/s1. The first-order chi connectivity index (χ1) is 13.0. The zero-order valence-electron chi connectivity index (χ0n) is 15.8. The van der Waals surface area contributed by atoms with Crippen LogP contribution in [0.5, 0.6) is 34.5 Å². The number of methoxy groups -OCH3 is 4. The minimum absolute atomic E-state index is 0.0536. The lowest BCUT2D eigenvalue weighted by atomic mass is 10.0. The molecule has 0 saturated carbocycles. The number of rotatable bonds is 6. The Kier molecular flexibility index (Phi) is 5.51. The normalized spacial score (nSPS) is 19.0. The van der Waals surface area contributed by atoms with Crippen molar-refractivity contribution in [3.63, 3.8) is 0 Å². The van der Waals surface area contributed by atoms with E-state index < -0.39 is 0 Å². The lowest BCUT2D eigenvalue weighted by Gasteiger charge is -2.19. The van der Waals surface area contributed by atoms with Crippen LogP contribution in [-0.4, -0.2) is 38.7 Å². The summed E-state index contributed by atoms with van der Waals surface area (Å²) in [6.45, 7) is 0. The molecule has 146 valence electrons. The minimum atomic E-state index is -0.253. The summed E-state index contributed by atoms with van der Waals surface area (Å²) in [6.07, 6.45) is 1.09. The van der Waals surface area contributed by atoms with E-state index in [2.05, 4.69) is 0 Å². The van der Waals surface area contributed by atoms with Crippen LogP contribution in [0.25, 0.3) is 0 Å². The van der Waals surface area contributed by atoms with Gasteiger partial charge in [0.05, 0.1) is 40.6 Å². The monoisotopic (exact) mass is 376 g/mol. The van der Waals surface area contributed by atoms with E-state index in [0.29, 0.717) is 22.8 Å².